The lowest BCUT2D eigenvalue weighted by atomic mass is 10.3. The van der Waals surface area contributed by atoms with Gasteiger partial charge in [0.15, 0.2) is 0 Å². The Labute approximate surface area is 173 Å². The molecule has 0 aliphatic rings. The Morgan fingerprint density at radius 3 is 2.24 bits per heavy atom. The molecule has 0 aliphatic heterocycles. The molecule has 3 aromatic carbocycles. The standard InChI is InChI=1S/C21H19FN2O3S2/c1-28-20-10-6-5-9-19(20)23-21(25)15-24(17-7-3-2-4-8-17)29(26,27)18-13-11-16(22)12-14-18/h2-14H,15H2,1H3,(H,23,25). The molecule has 5 nitrogen and oxygen atoms in total. The molecule has 3 rings (SSSR count). The van der Waals surface area contributed by atoms with Gasteiger partial charge in [-0.2, -0.15) is 0 Å². The van der Waals surface area contributed by atoms with E-state index in [-0.39, 0.29) is 4.90 Å². The third-order valence-electron chi connectivity index (χ3n) is 4.11. The molecule has 8 heteroatoms. The summed E-state index contributed by atoms with van der Waals surface area (Å²) in [5.74, 6) is -1.03. The van der Waals surface area contributed by atoms with Crippen molar-refractivity contribution in [2.75, 3.05) is 22.4 Å². The average molecular weight is 431 g/mol. The van der Waals surface area contributed by atoms with E-state index in [9.17, 15) is 17.6 Å². The van der Waals surface area contributed by atoms with Crippen LogP contribution in [0.5, 0.6) is 0 Å². The fraction of sp³-hybridized carbons (Fsp3) is 0.0952. The smallest absolute Gasteiger partial charge is 0.264 e. The number of carbonyl (C=O) groups excluding carboxylic acids is 1. The molecule has 0 aromatic heterocycles. The number of benzene rings is 3. The lowest BCUT2D eigenvalue weighted by molar-refractivity contribution is -0.114. The normalized spacial score (nSPS) is 11.1. The molecule has 0 heterocycles. The number of rotatable bonds is 7. The molecular weight excluding hydrogens is 411 g/mol. The molecule has 0 spiro atoms. The first-order valence-corrected chi connectivity index (χ1v) is 11.3. The molecule has 0 saturated heterocycles. The van der Waals surface area contributed by atoms with Crippen LogP contribution in [-0.4, -0.2) is 27.1 Å². The van der Waals surface area contributed by atoms with Crippen LogP contribution in [-0.2, 0) is 14.8 Å². The van der Waals surface area contributed by atoms with Gasteiger partial charge < -0.3 is 5.32 Å². The van der Waals surface area contributed by atoms with Crippen LogP contribution < -0.4 is 9.62 Å². The molecule has 0 bridgehead atoms. The third kappa shape index (κ3) is 4.96. The second kappa shape index (κ2) is 9.11. The van der Waals surface area contributed by atoms with E-state index in [1.807, 2.05) is 18.4 Å². The number of nitrogens with zero attached hydrogens (tertiary/aromatic N) is 1. The Morgan fingerprint density at radius 2 is 1.59 bits per heavy atom. The van der Waals surface area contributed by atoms with Gasteiger partial charge in [-0.25, -0.2) is 12.8 Å². The number of amides is 1. The van der Waals surface area contributed by atoms with E-state index in [1.165, 1.54) is 23.9 Å². The first-order valence-electron chi connectivity index (χ1n) is 8.68. The van der Waals surface area contributed by atoms with E-state index in [0.29, 0.717) is 11.4 Å². The minimum atomic E-state index is -4.07. The summed E-state index contributed by atoms with van der Waals surface area (Å²) < 4.78 is 40.6. The highest BCUT2D eigenvalue weighted by molar-refractivity contribution is 7.98. The lowest BCUT2D eigenvalue weighted by Crippen LogP contribution is -2.38. The van der Waals surface area contributed by atoms with Crippen molar-refractivity contribution in [3.05, 3.63) is 84.7 Å². The maximum atomic E-state index is 13.2. The van der Waals surface area contributed by atoms with E-state index in [2.05, 4.69) is 5.32 Å². The first-order chi connectivity index (χ1) is 13.9. The SMILES string of the molecule is CSc1ccccc1NC(=O)CN(c1ccccc1)S(=O)(=O)c1ccc(F)cc1. The Morgan fingerprint density at radius 1 is 0.966 bits per heavy atom. The molecule has 0 unspecified atom stereocenters. The molecule has 0 atom stereocenters. The molecule has 29 heavy (non-hydrogen) atoms. The van der Waals surface area contributed by atoms with Crippen LogP contribution in [0, 0.1) is 5.82 Å². The third-order valence-corrected chi connectivity index (χ3v) is 6.70. The van der Waals surface area contributed by atoms with Crippen molar-refractivity contribution < 1.29 is 17.6 Å². The van der Waals surface area contributed by atoms with Crippen LogP contribution in [0.25, 0.3) is 0 Å². The fourth-order valence-electron chi connectivity index (χ4n) is 2.71. The number of thioether (sulfide) groups is 1. The van der Waals surface area contributed by atoms with Crippen molar-refractivity contribution in [2.24, 2.45) is 0 Å². The monoisotopic (exact) mass is 430 g/mol. The summed E-state index contributed by atoms with van der Waals surface area (Å²) in [4.78, 5) is 13.5. The highest BCUT2D eigenvalue weighted by atomic mass is 32.2. The molecule has 1 N–H and O–H groups in total. The predicted molar refractivity (Wildman–Crippen MR) is 114 cm³/mol. The molecule has 150 valence electrons. The van der Waals surface area contributed by atoms with Crippen molar-refractivity contribution in [1.82, 2.24) is 0 Å². The van der Waals surface area contributed by atoms with Crippen LogP contribution in [0.2, 0.25) is 0 Å². The van der Waals surface area contributed by atoms with Gasteiger partial charge in [-0.3, -0.25) is 9.10 Å². The number of nitrogens with one attached hydrogen (secondary N) is 1. The molecule has 0 saturated carbocycles. The van der Waals surface area contributed by atoms with E-state index >= 15 is 0 Å². The zero-order chi connectivity index (χ0) is 20.9. The zero-order valence-corrected chi connectivity index (χ0v) is 17.2. The number of para-hydroxylation sites is 2. The van der Waals surface area contributed by atoms with E-state index < -0.39 is 28.3 Å². The van der Waals surface area contributed by atoms with Gasteiger partial charge >= 0.3 is 0 Å². The molecule has 3 aromatic rings. The summed E-state index contributed by atoms with van der Waals surface area (Å²) in [5, 5.41) is 2.77. The number of hydrogen-bond donors (Lipinski definition) is 1. The van der Waals surface area contributed by atoms with Crippen molar-refractivity contribution in [2.45, 2.75) is 9.79 Å². The van der Waals surface area contributed by atoms with Gasteiger partial charge in [-0.15, -0.1) is 11.8 Å². The van der Waals surface area contributed by atoms with Crippen LogP contribution in [0.4, 0.5) is 15.8 Å². The second-order valence-electron chi connectivity index (χ2n) is 6.05. The van der Waals surface area contributed by atoms with Gasteiger partial charge in [0.25, 0.3) is 10.0 Å². The van der Waals surface area contributed by atoms with Gasteiger partial charge in [0.05, 0.1) is 16.3 Å². The Balaban J connectivity index is 1.92. The topological polar surface area (TPSA) is 66.5 Å². The van der Waals surface area contributed by atoms with Crippen LogP contribution in [0.3, 0.4) is 0 Å². The van der Waals surface area contributed by atoms with Crippen LogP contribution in [0.15, 0.2) is 88.7 Å². The van der Waals surface area contributed by atoms with Crippen LogP contribution >= 0.6 is 11.8 Å². The van der Waals surface area contributed by atoms with Crippen molar-refractivity contribution in [3.63, 3.8) is 0 Å². The van der Waals surface area contributed by atoms with Gasteiger partial charge in [0.1, 0.15) is 12.4 Å². The summed E-state index contributed by atoms with van der Waals surface area (Å²) >= 11 is 1.47. The number of halogens is 1. The molecular formula is C21H19FN2O3S2. The number of carbonyl (C=O) groups is 1. The van der Waals surface area contributed by atoms with Gasteiger partial charge in [0.2, 0.25) is 5.91 Å². The maximum absolute atomic E-state index is 13.2. The predicted octanol–water partition coefficient (Wildman–Crippen LogP) is 4.38. The summed E-state index contributed by atoms with van der Waals surface area (Å²) in [6, 6.07) is 20.1. The van der Waals surface area contributed by atoms with Gasteiger partial charge in [-0.05, 0) is 54.8 Å². The second-order valence-corrected chi connectivity index (χ2v) is 8.76. The van der Waals surface area contributed by atoms with Gasteiger partial charge in [-0.1, -0.05) is 30.3 Å². The van der Waals surface area contributed by atoms with E-state index in [1.54, 1.807) is 42.5 Å². The Kier molecular flexibility index (Phi) is 6.56. The van der Waals surface area contributed by atoms with E-state index in [0.717, 1.165) is 21.3 Å². The summed E-state index contributed by atoms with van der Waals surface area (Å²) in [6.07, 6.45) is 1.89. The average Bonchev–Trinajstić information content (AvgIpc) is 2.73. The Hall–Kier alpha value is -2.84. The van der Waals surface area contributed by atoms with Crippen molar-refractivity contribution in [3.8, 4) is 0 Å². The van der Waals surface area contributed by atoms with E-state index in [4.69, 9.17) is 0 Å². The van der Waals surface area contributed by atoms with Gasteiger partial charge in [0, 0.05) is 4.90 Å². The minimum Gasteiger partial charge on any atom is -0.323 e. The highest BCUT2D eigenvalue weighted by Gasteiger charge is 2.27. The highest BCUT2D eigenvalue weighted by Crippen LogP contribution is 2.26. The minimum absolute atomic E-state index is 0.0972. The lowest BCUT2D eigenvalue weighted by Gasteiger charge is -2.24. The first kappa shape index (κ1) is 20.9. The maximum Gasteiger partial charge on any atom is 0.264 e. The number of sulfonamides is 1. The van der Waals surface area contributed by atoms with Crippen molar-refractivity contribution in [1.29, 1.82) is 0 Å². The molecule has 0 radical (unpaired) electrons. The molecule has 0 aliphatic carbocycles. The molecule has 1 amide bonds. The quantitative estimate of drug-likeness (QED) is 0.565. The summed E-state index contributed by atoms with van der Waals surface area (Å²) in [5.41, 5.74) is 0.947. The van der Waals surface area contributed by atoms with Crippen molar-refractivity contribution >= 4 is 39.1 Å². The summed E-state index contributed by atoms with van der Waals surface area (Å²) in [6.45, 7) is -0.424. The number of hydrogen-bond acceptors (Lipinski definition) is 4. The zero-order valence-electron chi connectivity index (χ0n) is 15.6. The summed E-state index contributed by atoms with van der Waals surface area (Å²) in [7, 11) is -4.07. The largest absolute Gasteiger partial charge is 0.323 e. The molecule has 0 fully saturated rings. The fourth-order valence-corrected chi connectivity index (χ4v) is 4.69. The number of anilines is 2. The Bertz CT molecular complexity index is 1090. The van der Waals surface area contributed by atoms with Crippen LogP contribution in [0.1, 0.15) is 0 Å².